The van der Waals surface area contributed by atoms with Crippen molar-refractivity contribution >= 4 is 7.69 Å². The highest BCUT2D eigenvalue weighted by Crippen LogP contribution is 1.96. The van der Waals surface area contributed by atoms with Crippen LogP contribution in [0.2, 0.25) is 0 Å². The molecule has 0 aliphatic rings. The molecule has 0 rings (SSSR count). The van der Waals surface area contributed by atoms with Crippen molar-refractivity contribution in [1.29, 1.82) is 0 Å². The van der Waals surface area contributed by atoms with Crippen molar-refractivity contribution in [3.05, 3.63) is 0 Å². The predicted octanol–water partition coefficient (Wildman–Crippen LogP) is 1.39. The van der Waals surface area contributed by atoms with E-state index in [-0.39, 0.29) is 7.69 Å². The highest BCUT2D eigenvalue weighted by atomic mass is 19.1. The third-order valence-electron chi connectivity index (χ3n) is 1.30. The maximum Gasteiger partial charge on any atom is 0.411 e. The Morgan fingerprint density at radius 1 is 1.33 bits per heavy atom. The predicted molar refractivity (Wildman–Crippen MR) is 40.4 cm³/mol. The number of nitrogens with one attached hydrogen (secondary N) is 1. The molecule has 3 heteroatoms. The summed E-state index contributed by atoms with van der Waals surface area (Å²) in [6.45, 7) is 3.00. The third kappa shape index (κ3) is 7.95. The largest absolute Gasteiger partial charge is 0.411 e. The number of rotatable bonds is 6. The van der Waals surface area contributed by atoms with Crippen LogP contribution in [0.25, 0.3) is 0 Å². The fourth-order valence-corrected chi connectivity index (χ4v) is 0.744. The highest BCUT2D eigenvalue weighted by Gasteiger charge is 1.87. The van der Waals surface area contributed by atoms with E-state index in [0.717, 1.165) is 13.0 Å². The van der Waals surface area contributed by atoms with E-state index in [9.17, 15) is 4.32 Å². The van der Waals surface area contributed by atoms with E-state index < -0.39 is 0 Å². The molecule has 0 amide bonds. The van der Waals surface area contributed by atoms with E-state index in [1.54, 1.807) is 0 Å². The molecule has 0 fully saturated rings. The molecule has 0 aromatic rings. The fraction of sp³-hybridized carbons (Fsp3) is 1.00. The SMILES string of the molecule is CCCCCCNBF. The van der Waals surface area contributed by atoms with Crippen LogP contribution < -0.4 is 5.23 Å². The molecule has 54 valence electrons. The van der Waals surface area contributed by atoms with Gasteiger partial charge in [-0.1, -0.05) is 26.2 Å². The molecule has 0 heterocycles. The van der Waals surface area contributed by atoms with E-state index in [1.807, 2.05) is 0 Å². The quantitative estimate of drug-likeness (QED) is 0.424. The number of hydrogen-bond acceptors (Lipinski definition) is 1. The third-order valence-corrected chi connectivity index (χ3v) is 1.30. The summed E-state index contributed by atoms with van der Waals surface area (Å²) in [5.74, 6) is 0. The van der Waals surface area contributed by atoms with Crippen LogP contribution in [0.4, 0.5) is 4.32 Å². The second-order valence-electron chi connectivity index (χ2n) is 2.19. The van der Waals surface area contributed by atoms with Crippen LogP contribution in [0, 0.1) is 0 Å². The van der Waals surface area contributed by atoms with Gasteiger partial charge in [-0.2, -0.15) is 0 Å². The normalized spacial score (nSPS) is 9.56. The molecule has 0 aromatic carbocycles. The van der Waals surface area contributed by atoms with Crippen molar-refractivity contribution in [1.82, 2.24) is 5.23 Å². The van der Waals surface area contributed by atoms with Crippen molar-refractivity contribution in [2.45, 2.75) is 32.6 Å². The minimum Gasteiger partial charge on any atom is -0.330 e. The Hall–Kier alpha value is -0.0451. The van der Waals surface area contributed by atoms with Crippen LogP contribution in [-0.4, -0.2) is 14.2 Å². The van der Waals surface area contributed by atoms with Gasteiger partial charge in [-0.3, -0.25) is 0 Å². The molecule has 0 aromatic heterocycles. The number of unbranched alkanes of at least 4 members (excludes halogenated alkanes) is 3. The zero-order valence-electron chi connectivity index (χ0n) is 6.12. The zero-order valence-corrected chi connectivity index (χ0v) is 6.12. The van der Waals surface area contributed by atoms with Gasteiger partial charge in [0.2, 0.25) is 0 Å². The molecule has 0 aliphatic carbocycles. The molecular formula is C6H15BFN. The van der Waals surface area contributed by atoms with E-state index >= 15 is 0 Å². The topological polar surface area (TPSA) is 12.0 Å². The summed E-state index contributed by atoms with van der Waals surface area (Å²) in [4.78, 5) is 0. The van der Waals surface area contributed by atoms with Gasteiger partial charge in [0.1, 0.15) is 0 Å². The molecular weight excluding hydrogens is 116 g/mol. The Bertz CT molecular complexity index is 46.3. The van der Waals surface area contributed by atoms with E-state index in [4.69, 9.17) is 0 Å². The Morgan fingerprint density at radius 2 is 2.11 bits per heavy atom. The van der Waals surface area contributed by atoms with Crippen LogP contribution in [0.15, 0.2) is 0 Å². The summed E-state index contributed by atoms with van der Waals surface area (Å²) < 4.78 is 11.4. The van der Waals surface area contributed by atoms with Crippen LogP contribution in [0.1, 0.15) is 32.6 Å². The van der Waals surface area contributed by atoms with Crippen LogP contribution in [0.5, 0.6) is 0 Å². The van der Waals surface area contributed by atoms with Crippen molar-refractivity contribution in [3.63, 3.8) is 0 Å². The Balaban J connectivity index is 2.60. The van der Waals surface area contributed by atoms with Gasteiger partial charge < -0.3 is 9.54 Å². The van der Waals surface area contributed by atoms with Gasteiger partial charge in [-0.25, -0.2) is 0 Å². The summed E-state index contributed by atoms with van der Waals surface area (Å²) in [7, 11) is -0.383. The Morgan fingerprint density at radius 3 is 2.67 bits per heavy atom. The average molecular weight is 131 g/mol. The minimum atomic E-state index is -0.383. The van der Waals surface area contributed by atoms with Gasteiger partial charge in [-0.15, -0.1) is 0 Å². The van der Waals surface area contributed by atoms with Crippen molar-refractivity contribution in [2.24, 2.45) is 0 Å². The van der Waals surface area contributed by atoms with Gasteiger partial charge in [0.25, 0.3) is 0 Å². The second kappa shape index (κ2) is 7.95. The minimum absolute atomic E-state index is 0.383. The monoisotopic (exact) mass is 131 g/mol. The average Bonchev–Trinajstić information content (AvgIpc) is 1.89. The summed E-state index contributed by atoms with van der Waals surface area (Å²) >= 11 is 0. The first-order valence-corrected chi connectivity index (χ1v) is 3.68. The van der Waals surface area contributed by atoms with Crippen LogP contribution in [-0.2, 0) is 0 Å². The van der Waals surface area contributed by atoms with Crippen molar-refractivity contribution in [2.75, 3.05) is 6.54 Å². The molecule has 0 bridgehead atoms. The van der Waals surface area contributed by atoms with Gasteiger partial charge >= 0.3 is 7.69 Å². The molecule has 9 heavy (non-hydrogen) atoms. The van der Waals surface area contributed by atoms with Crippen molar-refractivity contribution in [3.8, 4) is 0 Å². The molecule has 0 radical (unpaired) electrons. The Labute approximate surface area is 57.3 Å². The summed E-state index contributed by atoms with van der Waals surface area (Å²) in [6, 6.07) is 0. The number of hydrogen-bond donors (Lipinski definition) is 1. The van der Waals surface area contributed by atoms with Crippen LogP contribution in [0.3, 0.4) is 0 Å². The molecule has 0 saturated carbocycles. The number of halogens is 1. The van der Waals surface area contributed by atoms with Gasteiger partial charge in [-0.05, 0) is 13.0 Å². The molecule has 1 N–H and O–H groups in total. The summed E-state index contributed by atoms with van der Waals surface area (Å²) in [5.41, 5.74) is 0. The first-order chi connectivity index (χ1) is 4.41. The van der Waals surface area contributed by atoms with E-state index in [2.05, 4.69) is 12.2 Å². The van der Waals surface area contributed by atoms with Gasteiger partial charge in [0.05, 0.1) is 0 Å². The lowest BCUT2D eigenvalue weighted by molar-refractivity contribution is 0.649. The lowest BCUT2D eigenvalue weighted by Crippen LogP contribution is -2.16. The maximum atomic E-state index is 11.4. The smallest absolute Gasteiger partial charge is 0.330 e. The fourth-order valence-electron chi connectivity index (χ4n) is 0.744. The molecule has 0 spiro atoms. The highest BCUT2D eigenvalue weighted by molar-refractivity contribution is 6.22. The molecule has 0 unspecified atom stereocenters. The first kappa shape index (κ1) is 8.95. The lowest BCUT2D eigenvalue weighted by Gasteiger charge is -1.96. The van der Waals surface area contributed by atoms with E-state index in [0.29, 0.717) is 0 Å². The molecule has 0 atom stereocenters. The Kier molecular flexibility index (Phi) is 7.92. The maximum absolute atomic E-state index is 11.4. The zero-order chi connectivity index (χ0) is 6.95. The van der Waals surface area contributed by atoms with Crippen LogP contribution >= 0.6 is 0 Å². The molecule has 1 nitrogen and oxygen atoms in total. The first-order valence-electron chi connectivity index (χ1n) is 3.68. The molecule has 0 aliphatic heterocycles. The summed E-state index contributed by atoms with van der Waals surface area (Å²) in [6.07, 6.45) is 4.85. The van der Waals surface area contributed by atoms with Gasteiger partial charge in [0.15, 0.2) is 0 Å². The second-order valence-corrected chi connectivity index (χ2v) is 2.19. The standard InChI is InChI=1S/C6H15BFN/c1-2-3-4-5-6-9-7-8/h7,9H,2-6H2,1H3. The van der Waals surface area contributed by atoms with E-state index in [1.165, 1.54) is 19.3 Å². The summed E-state index contributed by atoms with van der Waals surface area (Å²) in [5, 5.41) is 2.64. The molecule has 0 saturated heterocycles. The lowest BCUT2D eigenvalue weighted by atomic mass is 10.2. The van der Waals surface area contributed by atoms with Crippen molar-refractivity contribution < 1.29 is 4.32 Å². The van der Waals surface area contributed by atoms with Gasteiger partial charge in [0, 0.05) is 0 Å².